The molecule has 0 fully saturated rings. The Morgan fingerprint density at radius 2 is 2.29 bits per heavy atom. The van der Waals surface area contributed by atoms with Gasteiger partial charge in [-0.2, -0.15) is 0 Å². The summed E-state index contributed by atoms with van der Waals surface area (Å²) in [5, 5.41) is 5.91. The number of thiazole rings is 1. The van der Waals surface area contributed by atoms with Crippen LogP contribution in [-0.2, 0) is 4.79 Å². The van der Waals surface area contributed by atoms with Crippen molar-refractivity contribution in [3.05, 3.63) is 16.6 Å². The van der Waals surface area contributed by atoms with Crippen LogP contribution in [0.5, 0.6) is 0 Å². The van der Waals surface area contributed by atoms with Crippen molar-refractivity contribution in [1.82, 2.24) is 10.3 Å². The van der Waals surface area contributed by atoms with E-state index in [0.717, 1.165) is 11.4 Å². The molecule has 1 heterocycles. The van der Waals surface area contributed by atoms with E-state index in [0.29, 0.717) is 6.54 Å². The first kappa shape index (κ1) is 14.1. The molecule has 4 nitrogen and oxygen atoms in total. The van der Waals surface area contributed by atoms with Crippen LogP contribution in [0, 0.1) is 11.8 Å². The molecule has 17 heavy (non-hydrogen) atoms. The zero-order chi connectivity index (χ0) is 12.8. The molecule has 1 aromatic rings. The quantitative estimate of drug-likeness (QED) is 0.816. The average Bonchev–Trinajstić information content (AvgIpc) is 2.79. The van der Waals surface area contributed by atoms with Gasteiger partial charge in [0.25, 0.3) is 0 Å². The summed E-state index contributed by atoms with van der Waals surface area (Å²) in [7, 11) is 0. The topological polar surface area (TPSA) is 68.0 Å². The summed E-state index contributed by atoms with van der Waals surface area (Å²) in [6, 6.07) is 0.00954. The number of nitrogens with one attached hydrogen (secondary N) is 1. The predicted molar refractivity (Wildman–Crippen MR) is 70.7 cm³/mol. The third-order valence-corrected chi connectivity index (χ3v) is 3.76. The van der Waals surface area contributed by atoms with E-state index < -0.39 is 0 Å². The minimum Gasteiger partial charge on any atom is -0.347 e. The normalized spacial score (nSPS) is 14.6. The van der Waals surface area contributed by atoms with Gasteiger partial charge in [-0.25, -0.2) is 4.98 Å². The Kier molecular flexibility index (Phi) is 5.58. The van der Waals surface area contributed by atoms with E-state index in [1.807, 2.05) is 26.2 Å². The first-order chi connectivity index (χ1) is 8.10. The zero-order valence-electron chi connectivity index (χ0n) is 10.6. The molecule has 0 aromatic carbocycles. The van der Waals surface area contributed by atoms with Gasteiger partial charge in [-0.1, -0.05) is 20.8 Å². The van der Waals surface area contributed by atoms with Gasteiger partial charge in [0.05, 0.1) is 12.0 Å². The lowest BCUT2D eigenvalue weighted by molar-refractivity contribution is -0.126. The number of carbonyl (C=O) groups excluding carboxylic acids is 1. The monoisotopic (exact) mass is 255 g/mol. The van der Waals surface area contributed by atoms with Gasteiger partial charge in [-0.3, -0.25) is 4.79 Å². The molecule has 0 radical (unpaired) electrons. The highest BCUT2D eigenvalue weighted by Gasteiger charge is 2.23. The average molecular weight is 255 g/mol. The van der Waals surface area contributed by atoms with Crippen molar-refractivity contribution in [2.24, 2.45) is 17.6 Å². The highest BCUT2D eigenvalue weighted by molar-refractivity contribution is 7.09. The minimum absolute atomic E-state index is 0.00954. The van der Waals surface area contributed by atoms with E-state index >= 15 is 0 Å². The van der Waals surface area contributed by atoms with Crippen molar-refractivity contribution in [2.45, 2.75) is 33.2 Å². The molecule has 1 amide bonds. The zero-order valence-corrected chi connectivity index (χ0v) is 11.5. The Hall–Kier alpha value is -0.940. The summed E-state index contributed by atoms with van der Waals surface area (Å²) in [5.74, 6) is 0.169. The van der Waals surface area contributed by atoms with Crippen LogP contribution in [0.3, 0.4) is 0 Å². The predicted octanol–water partition coefficient (Wildman–Crippen LogP) is 1.94. The van der Waals surface area contributed by atoms with Crippen LogP contribution in [0.2, 0.25) is 0 Å². The van der Waals surface area contributed by atoms with Crippen LogP contribution in [0.15, 0.2) is 11.6 Å². The lowest BCUT2D eigenvalue weighted by Gasteiger charge is -2.22. The van der Waals surface area contributed by atoms with Gasteiger partial charge < -0.3 is 11.1 Å². The maximum absolute atomic E-state index is 12.1. The molecule has 0 saturated heterocycles. The number of aromatic nitrogens is 1. The SMILES string of the molecule is CCC(NC(=O)C(CN)C(C)C)c1nccs1. The number of nitrogens with zero attached hydrogens (tertiary/aromatic N) is 1. The Morgan fingerprint density at radius 3 is 2.71 bits per heavy atom. The van der Waals surface area contributed by atoms with Crippen LogP contribution >= 0.6 is 11.3 Å². The molecule has 0 aliphatic heterocycles. The molecule has 96 valence electrons. The Morgan fingerprint density at radius 1 is 1.59 bits per heavy atom. The van der Waals surface area contributed by atoms with E-state index in [9.17, 15) is 4.79 Å². The maximum Gasteiger partial charge on any atom is 0.225 e. The van der Waals surface area contributed by atoms with E-state index in [-0.39, 0.29) is 23.8 Å². The molecule has 5 heteroatoms. The molecule has 2 unspecified atom stereocenters. The molecule has 0 aliphatic rings. The van der Waals surface area contributed by atoms with Gasteiger partial charge in [0.15, 0.2) is 0 Å². The minimum atomic E-state index is -0.121. The molecule has 0 spiro atoms. The molecule has 2 atom stereocenters. The van der Waals surface area contributed by atoms with Crippen molar-refractivity contribution in [2.75, 3.05) is 6.54 Å². The number of amides is 1. The fourth-order valence-electron chi connectivity index (χ4n) is 1.71. The fraction of sp³-hybridized carbons (Fsp3) is 0.667. The van der Waals surface area contributed by atoms with Gasteiger partial charge in [0.2, 0.25) is 5.91 Å². The van der Waals surface area contributed by atoms with Gasteiger partial charge in [-0.15, -0.1) is 11.3 Å². The smallest absolute Gasteiger partial charge is 0.225 e. The van der Waals surface area contributed by atoms with Crippen molar-refractivity contribution in [3.8, 4) is 0 Å². The first-order valence-electron chi connectivity index (χ1n) is 6.00. The number of rotatable bonds is 6. The van der Waals surface area contributed by atoms with Gasteiger partial charge in [-0.05, 0) is 12.3 Å². The molecule has 0 aliphatic carbocycles. The summed E-state index contributed by atoms with van der Waals surface area (Å²) in [6.45, 7) is 6.46. The summed E-state index contributed by atoms with van der Waals surface area (Å²) in [6.07, 6.45) is 2.60. The number of carbonyl (C=O) groups is 1. The maximum atomic E-state index is 12.1. The van der Waals surface area contributed by atoms with Gasteiger partial charge in [0.1, 0.15) is 5.01 Å². The molecule has 0 saturated carbocycles. The van der Waals surface area contributed by atoms with Crippen molar-refractivity contribution < 1.29 is 4.79 Å². The molecule has 1 aromatic heterocycles. The van der Waals surface area contributed by atoms with E-state index in [1.165, 1.54) is 0 Å². The van der Waals surface area contributed by atoms with E-state index in [4.69, 9.17) is 5.73 Å². The highest BCUT2D eigenvalue weighted by atomic mass is 32.1. The molecular weight excluding hydrogens is 234 g/mol. The first-order valence-corrected chi connectivity index (χ1v) is 6.87. The van der Waals surface area contributed by atoms with Gasteiger partial charge >= 0.3 is 0 Å². The lowest BCUT2D eigenvalue weighted by Crippen LogP contribution is -2.39. The lowest BCUT2D eigenvalue weighted by atomic mass is 9.95. The van der Waals surface area contributed by atoms with Gasteiger partial charge in [0, 0.05) is 18.1 Å². The summed E-state index contributed by atoms with van der Waals surface area (Å²) < 4.78 is 0. The third kappa shape index (κ3) is 3.78. The van der Waals surface area contributed by atoms with Crippen molar-refractivity contribution >= 4 is 17.2 Å². The number of nitrogens with two attached hydrogens (primary N) is 1. The van der Waals surface area contributed by atoms with Crippen molar-refractivity contribution in [3.63, 3.8) is 0 Å². The summed E-state index contributed by atoms with van der Waals surface area (Å²) in [5.41, 5.74) is 5.64. The van der Waals surface area contributed by atoms with Crippen molar-refractivity contribution in [1.29, 1.82) is 0 Å². The second-order valence-corrected chi connectivity index (χ2v) is 5.35. The summed E-state index contributed by atoms with van der Waals surface area (Å²) in [4.78, 5) is 16.3. The Balaban J connectivity index is 2.65. The Labute approximate surface area is 107 Å². The Bertz CT molecular complexity index is 338. The second kappa shape index (κ2) is 6.71. The highest BCUT2D eigenvalue weighted by Crippen LogP contribution is 2.20. The third-order valence-electron chi connectivity index (χ3n) is 2.87. The van der Waals surface area contributed by atoms with Crippen LogP contribution < -0.4 is 11.1 Å². The standard InChI is InChI=1S/C12H21N3OS/c1-4-10(12-14-5-6-17-12)15-11(16)9(7-13)8(2)3/h5-6,8-10H,4,7,13H2,1-3H3,(H,15,16). The van der Waals surface area contributed by atoms with Crippen LogP contribution in [0.4, 0.5) is 0 Å². The largest absolute Gasteiger partial charge is 0.347 e. The summed E-state index contributed by atoms with van der Waals surface area (Å²) >= 11 is 1.57. The van der Waals surface area contributed by atoms with E-state index in [2.05, 4.69) is 10.3 Å². The van der Waals surface area contributed by atoms with Crippen LogP contribution in [-0.4, -0.2) is 17.4 Å². The molecule has 0 bridgehead atoms. The molecule has 3 N–H and O–H groups in total. The van der Waals surface area contributed by atoms with Crippen LogP contribution in [0.1, 0.15) is 38.2 Å². The molecule has 1 rings (SSSR count). The second-order valence-electron chi connectivity index (χ2n) is 4.43. The van der Waals surface area contributed by atoms with Crippen LogP contribution in [0.25, 0.3) is 0 Å². The number of hydrogen-bond acceptors (Lipinski definition) is 4. The van der Waals surface area contributed by atoms with E-state index in [1.54, 1.807) is 17.5 Å². The fourth-order valence-corrected chi connectivity index (χ4v) is 2.48. The number of hydrogen-bond donors (Lipinski definition) is 2. The molecular formula is C12H21N3OS.